The van der Waals surface area contributed by atoms with E-state index < -0.39 is 17.5 Å². The van der Waals surface area contributed by atoms with Gasteiger partial charge in [-0.25, -0.2) is 8.78 Å². The molecule has 3 nitrogen and oxygen atoms in total. The lowest BCUT2D eigenvalue weighted by Crippen LogP contribution is -2.33. The van der Waals surface area contributed by atoms with Gasteiger partial charge in [-0.2, -0.15) is 0 Å². The van der Waals surface area contributed by atoms with Crippen LogP contribution in [0.25, 0.3) is 0 Å². The van der Waals surface area contributed by atoms with Crippen LogP contribution in [0.3, 0.4) is 0 Å². The molecule has 110 valence electrons. The van der Waals surface area contributed by atoms with Crippen molar-refractivity contribution in [1.29, 1.82) is 0 Å². The summed E-state index contributed by atoms with van der Waals surface area (Å²) in [6.07, 6.45) is 5.82. The van der Waals surface area contributed by atoms with Gasteiger partial charge in [-0.1, -0.05) is 19.3 Å². The highest BCUT2D eigenvalue weighted by Gasteiger charge is 2.22. The summed E-state index contributed by atoms with van der Waals surface area (Å²) < 4.78 is 26.8. The van der Waals surface area contributed by atoms with Crippen LogP contribution >= 0.6 is 0 Å². The molecule has 0 aromatic heterocycles. The Morgan fingerprint density at radius 3 is 2.55 bits per heavy atom. The molecule has 5 heteroatoms. The molecule has 0 unspecified atom stereocenters. The topological polar surface area (TPSA) is 46.3 Å². The number of anilines is 1. The highest BCUT2D eigenvalue weighted by Crippen LogP contribution is 2.25. The van der Waals surface area contributed by atoms with Gasteiger partial charge in [0.25, 0.3) is 5.91 Å². The number of hydrogen-bond donors (Lipinski definition) is 1. The summed E-state index contributed by atoms with van der Waals surface area (Å²) in [6, 6.07) is 1.74. The number of nitrogens with two attached hydrogens (primary N) is 1. The monoisotopic (exact) mass is 282 g/mol. The highest BCUT2D eigenvalue weighted by atomic mass is 19.1. The van der Waals surface area contributed by atoms with E-state index in [4.69, 9.17) is 5.73 Å². The minimum absolute atomic E-state index is 0.165. The molecule has 0 bridgehead atoms. The maximum atomic E-state index is 13.7. The van der Waals surface area contributed by atoms with E-state index in [0.717, 1.165) is 18.9 Å². The fraction of sp³-hybridized carbons (Fsp3) is 0.533. The quantitative estimate of drug-likeness (QED) is 0.865. The molecule has 2 rings (SSSR count). The van der Waals surface area contributed by atoms with Crippen molar-refractivity contribution >= 4 is 11.6 Å². The molecule has 1 fully saturated rings. The molecule has 1 aromatic carbocycles. The largest absolute Gasteiger partial charge is 0.396 e. The van der Waals surface area contributed by atoms with Crippen molar-refractivity contribution in [2.45, 2.75) is 32.1 Å². The number of nitrogen functional groups attached to an aromatic ring is 1. The first-order chi connectivity index (χ1) is 9.49. The molecular formula is C15H20F2N2O. The van der Waals surface area contributed by atoms with Crippen molar-refractivity contribution in [3.05, 3.63) is 29.3 Å². The first-order valence-corrected chi connectivity index (χ1v) is 6.99. The molecule has 1 amide bonds. The normalized spacial score (nSPS) is 16.1. The Labute approximate surface area is 117 Å². The van der Waals surface area contributed by atoms with Gasteiger partial charge in [-0.05, 0) is 24.8 Å². The third-order valence-electron chi connectivity index (χ3n) is 3.92. The van der Waals surface area contributed by atoms with Crippen LogP contribution in [0.15, 0.2) is 12.1 Å². The third-order valence-corrected chi connectivity index (χ3v) is 3.92. The lowest BCUT2D eigenvalue weighted by Gasteiger charge is -2.27. The van der Waals surface area contributed by atoms with Crippen LogP contribution < -0.4 is 5.73 Å². The maximum absolute atomic E-state index is 13.7. The molecule has 0 saturated heterocycles. The van der Waals surface area contributed by atoms with E-state index in [-0.39, 0.29) is 11.3 Å². The van der Waals surface area contributed by atoms with E-state index in [2.05, 4.69) is 0 Å². The van der Waals surface area contributed by atoms with Crippen LogP contribution in [0.2, 0.25) is 0 Å². The molecule has 0 heterocycles. The second-order valence-corrected chi connectivity index (χ2v) is 5.54. The van der Waals surface area contributed by atoms with Crippen LogP contribution in [0, 0.1) is 17.6 Å². The van der Waals surface area contributed by atoms with Gasteiger partial charge in [0.05, 0.1) is 11.3 Å². The minimum atomic E-state index is -0.864. The first kappa shape index (κ1) is 14.8. The first-order valence-electron chi connectivity index (χ1n) is 6.99. The van der Waals surface area contributed by atoms with Gasteiger partial charge in [-0.15, -0.1) is 0 Å². The molecule has 0 aliphatic heterocycles. The van der Waals surface area contributed by atoms with Crippen LogP contribution in [-0.2, 0) is 0 Å². The summed E-state index contributed by atoms with van der Waals surface area (Å²) in [6.45, 7) is 0.607. The number of benzene rings is 1. The van der Waals surface area contributed by atoms with E-state index in [0.29, 0.717) is 18.5 Å². The van der Waals surface area contributed by atoms with Crippen molar-refractivity contribution < 1.29 is 13.6 Å². The number of amides is 1. The van der Waals surface area contributed by atoms with Crippen LogP contribution in [0.4, 0.5) is 14.5 Å². The van der Waals surface area contributed by atoms with Gasteiger partial charge < -0.3 is 10.6 Å². The summed E-state index contributed by atoms with van der Waals surface area (Å²) >= 11 is 0. The average Bonchev–Trinajstić information content (AvgIpc) is 2.43. The molecule has 2 N–H and O–H groups in total. The van der Waals surface area contributed by atoms with Crippen LogP contribution in [0.1, 0.15) is 42.5 Å². The number of hydrogen-bond acceptors (Lipinski definition) is 2. The Hall–Kier alpha value is -1.65. The third kappa shape index (κ3) is 3.26. The van der Waals surface area contributed by atoms with Gasteiger partial charge in [0.1, 0.15) is 11.6 Å². The molecule has 1 saturated carbocycles. The number of rotatable bonds is 3. The Kier molecular flexibility index (Phi) is 4.57. The average molecular weight is 282 g/mol. The van der Waals surface area contributed by atoms with E-state index >= 15 is 0 Å². The Bertz CT molecular complexity index is 499. The Morgan fingerprint density at radius 2 is 1.90 bits per heavy atom. The lowest BCUT2D eigenvalue weighted by atomic mass is 9.89. The minimum Gasteiger partial charge on any atom is -0.396 e. The van der Waals surface area contributed by atoms with Crippen molar-refractivity contribution in [2.24, 2.45) is 5.92 Å². The van der Waals surface area contributed by atoms with Crippen LogP contribution in [0.5, 0.6) is 0 Å². The smallest absolute Gasteiger partial charge is 0.256 e. The molecule has 1 aromatic rings. The zero-order valence-corrected chi connectivity index (χ0v) is 11.7. The predicted molar refractivity (Wildman–Crippen MR) is 74.3 cm³/mol. The van der Waals surface area contributed by atoms with Gasteiger partial charge in [0.2, 0.25) is 0 Å². The fourth-order valence-corrected chi connectivity index (χ4v) is 2.78. The summed E-state index contributed by atoms with van der Waals surface area (Å²) in [5.41, 5.74) is 5.03. The van der Waals surface area contributed by atoms with Gasteiger partial charge in [0, 0.05) is 19.7 Å². The Balaban J connectivity index is 2.08. The second kappa shape index (κ2) is 6.20. The molecule has 0 radical (unpaired) electrons. The van der Waals surface area contributed by atoms with Crippen molar-refractivity contribution in [2.75, 3.05) is 19.3 Å². The second-order valence-electron chi connectivity index (χ2n) is 5.54. The van der Waals surface area contributed by atoms with Gasteiger partial charge in [-0.3, -0.25) is 4.79 Å². The van der Waals surface area contributed by atoms with E-state index in [9.17, 15) is 13.6 Å². The summed E-state index contributed by atoms with van der Waals surface area (Å²) in [5.74, 6) is -1.68. The molecule has 0 spiro atoms. The standard InChI is InChI=1S/C15H20F2N2O/c1-19(9-10-5-3-2-4-6-10)15(20)11-7-14(18)13(17)8-12(11)16/h7-8,10H,2-6,9,18H2,1H3. The number of carbonyl (C=O) groups is 1. The van der Waals surface area contributed by atoms with E-state index in [1.165, 1.54) is 24.2 Å². The zero-order valence-electron chi connectivity index (χ0n) is 11.7. The van der Waals surface area contributed by atoms with Gasteiger partial charge >= 0.3 is 0 Å². The van der Waals surface area contributed by atoms with Gasteiger partial charge in [0.15, 0.2) is 0 Å². The molecular weight excluding hydrogens is 262 g/mol. The molecule has 1 aliphatic carbocycles. The Morgan fingerprint density at radius 1 is 1.25 bits per heavy atom. The fourth-order valence-electron chi connectivity index (χ4n) is 2.78. The van der Waals surface area contributed by atoms with Crippen LogP contribution in [-0.4, -0.2) is 24.4 Å². The number of carbonyl (C=O) groups excluding carboxylic acids is 1. The molecule has 0 atom stereocenters. The summed E-state index contributed by atoms with van der Waals surface area (Å²) in [5, 5.41) is 0. The van der Waals surface area contributed by atoms with Crippen molar-refractivity contribution in [3.63, 3.8) is 0 Å². The maximum Gasteiger partial charge on any atom is 0.256 e. The summed E-state index contributed by atoms with van der Waals surface area (Å²) in [7, 11) is 1.65. The van der Waals surface area contributed by atoms with E-state index in [1.807, 2.05) is 0 Å². The van der Waals surface area contributed by atoms with E-state index in [1.54, 1.807) is 7.05 Å². The molecule has 20 heavy (non-hydrogen) atoms. The highest BCUT2D eigenvalue weighted by molar-refractivity contribution is 5.95. The zero-order chi connectivity index (χ0) is 14.7. The summed E-state index contributed by atoms with van der Waals surface area (Å²) in [4.78, 5) is 13.7. The van der Waals surface area contributed by atoms with Crippen molar-refractivity contribution in [1.82, 2.24) is 4.90 Å². The number of nitrogens with zero attached hydrogens (tertiary/aromatic N) is 1. The number of halogens is 2. The lowest BCUT2D eigenvalue weighted by molar-refractivity contribution is 0.0756. The predicted octanol–water partition coefficient (Wildman–Crippen LogP) is 3.20. The SMILES string of the molecule is CN(CC1CCCCC1)C(=O)c1cc(N)c(F)cc1F. The molecule has 1 aliphatic rings. The van der Waals surface area contributed by atoms with Crippen molar-refractivity contribution in [3.8, 4) is 0 Å².